The van der Waals surface area contributed by atoms with Crippen molar-refractivity contribution in [3.05, 3.63) is 89.5 Å². The first-order valence-electron chi connectivity index (χ1n) is 26.4. The zero-order valence-corrected chi connectivity index (χ0v) is 45.5. The summed E-state index contributed by atoms with van der Waals surface area (Å²) in [6.45, 7) is 5.46. The second kappa shape index (κ2) is 29.2. The maximum atomic E-state index is 14.4. The van der Waals surface area contributed by atoms with Crippen molar-refractivity contribution in [1.29, 1.82) is 0 Å². The standard InChI is InChI=1S/C55H69N9O18/c1-28(2)46(54(80)64-22-6-8-43(64)52(78)61-39(26-44(69)70)49(75)58-37(47(73)56-29(3)55(81)82)23-31-9-15-34(66)16-10-31)62-50(76)40(27-45(71)72)59-48(74)38(24-32-11-17-35(67)18-12-32)60-51(77)42-7-5-21-63(42)53(79)41(57-30(4)65)25-33-13-19-36(68)20-14-33/h9-20,28-29,37-43,46,66-68H,5-8,21-27H2,1-4H3,(H,56,73)(H,57,65)(H,58,75)(H,59,74)(H,60,77)(H,61,78)(H,62,76)(H,69,70)(H,71,72)(H,81,82)/t29-,37-,38+,39-,40+,41+,42+,43-,46-/m1/s1. The zero-order valence-electron chi connectivity index (χ0n) is 45.5. The highest BCUT2D eigenvalue weighted by molar-refractivity contribution is 6.00. The highest BCUT2D eigenvalue weighted by atomic mass is 16.4. The van der Waals surface area contributed by atoms with Crippen molar-refractivity contribution in [2.45, 2.75) is 140 Å². The summed E-state index contributed by atoms with van der Waals surface area (Å²) in [6, 6.07) is 3.54. The molecule has 2 aliphatic heterocycles. The number of hydrogen-bond donors (Lipinski definition) is 13. The van der Waals surface area contributed by atoms with E-state index in [9.17, 15) is 88.2 Å². The number of nitrogens with zero attached hydrogens (tertiary/aromatic N) is 2. The van der Waals surface area contributed by atoms with Gasteiger partial charge in [-0.15, -0.1) is 0 Å². The molecule has 0 aliphatic carbocycles. The van der Waals surface area contributed by atoms with Crippen molar-refractivity contribution in [3.8, 4) is 17.2 Å². The predicted molar refractivity (Wildman–Crippen MR) is 287 cm³/mol. The van der Waals surface area contributed by atoms with Gasteiger partial charge >= 0.3 is 17.9 Å². The lowest BCUT2D eigenvalue weighted by Gasteiger charge is -2.32. The van der Waals surface area contributed by atoms with Gasteiger partial charge in [0, 0.05) is 39.3 Å². The number of aliphatic carboxylic acids is 3. The average molecular weight is 1140 g/mol. The largest absolute Gasteiger partial charge is 0.508 e. The fourth-order valence-corrected chi connectivity index (χ4v) is 9.44. The molecule has 13 N–H and O–H groups in total. The molecule has 0 unspecified atom stereocenters. The number of phenols is 3. The number of carbonyl (C=O) groups is 12. The number of rotatable bonds is 27. The highest BCUT2D eigenvalue weighted by Gasteiger charge is 2.43. The first kappa shape index (κ1) is 63.5. The number of carboxylic acid groups (broad SMARTS) is 3. The molecule has 2 saturated heterocycles. The molecule has 3 aromatic rings. The molecule has 0 aromatic heterocycles. The van der Waals surface area contributed by atoms with Gasteiger partial charge in [0.1, 0.15) is 71.6 Å². The Kier molecular flexibility index (Phi) is 22.7. The molecule has 2 aliphatic rings. The first-order chi connectivity index (χ1) is 38.7. The van der Waals surface area contributed by atoms with Crippen LogP contribution in [-0.4, -0.2) is 179 Å². The summed E-state index contributed by atoms with van der Waals surface area (Å²) < 4.78 is 0. The van der Waals surface area contributed by atoms with Gasteiger partial charge in [0.05, 0.1) is 12.8 Å². The van der Waals surface area contributed by atoms with Crippen LogP contribution in [0.5, 0.6) is 17.2 Å². The van der Waals surface area contributed by atoms with Gasteiger partial charge in [-0.1, -0.05) is 50.2 Å². The van der Waals surface area contributed by atoms with Gasteiger partial charge in [0.15, 0.2) is 0 Å². The number of benzene rings is 3. The summed E-state index contributed by atoms with van der Waals surface area (Å²) in [5, 5.41) is 75.7. The summed E-state index contributed by atoms with van der Waals surface area (Å²) in [7, 11) is 0. The Morgan fingerprint density at radius 2 is 0.817 bits per heavy atom. The lowest BCUT2D eigenvalue weighted by atomic mass is 10.0. The minimum Gasteiger partial charge on any atom is -0.508 e. The molecule has 5 rings (SSSR count). The first-order valence-corrected chi connectivity index (χ1v) is 26.4. The van der Waals surface area contributed by atoms with Crippen molar-refractivity contribution in [2.24, 2.45) is 5.92 Å². The molecular weight excluding hydrogens is 1070 g/mol. The van der Waals surface area contributed by atoms with Crippen molar-refractivity contribution in [2.75, 3.05) is 13.1 Å². The molecule has 0 spiro atoms. The quantitative estimate of drug-likeness (QED) is 0.0432. The number of amides is 9. The van der Waals surface area contributed by atoms with Crippen LogP contribution < -0.4 is 37.2 Å². The van der Waals surface area contributed by atoms with Crippen molar-refractivity contribution < 1.29 is 88.2 Å². The van der Waals surface area contributed by atoms with Gasteiger partial charge in [-0.05, 0) is 91.6 Å². The van der Waals surface area contributed by atoms with E-state index in [4.69, 9.17) is 0 Å². The van der Waals surface area contributed by atoms with Crippen LogP contribution in [0.25, 0.3) is 0 Å². The molecule has 9 amide bonds. The van der Waals surface area contributed by atoms with E-state index in [0.29, 0.717) is 23.1 Å². The number of hydrogen-bond acceptors (Lipinski definition) is 15. The number of aromatic hydroxyl groups is 3. The Labute approximate surface area is 470 Å². The Hall–Kier alpha value is -9.30. The Bertz CT molecular complexity index is 2850. The molecule has 27 nitrogen and oxygen atoms in total. The minimum atomic E-state index is -1.90. The van der Waals surface area contributed by atoms with E-state index in [-0.39, 0.29) is 68.9 Å². The fraction of sp³-hybridized carbons (Fsp3) is 0.455. The topological polar surface area (TPSA) is 417 Å². The molecule has 0 bridgehead atoms. The summed E-state index contributed by atoms with van der Waals surface area (Å²) in [5.41, 5.74) is 1.38. The fourth-order valence-electron chi connectivity index (χ4n) is 9.44. The van der Waals surface area contributed by atoms with Crippen LogP contribution in [0.15, 0.2) is 72.8 Å². The molecule has 9 atom stereocenters. The van der Waals surface area contributed by atoms with Gasteiger partial charge in [0.25, 0.3) is 0 Å². The monoisotopic (exact) mass is 1140 g/mol. The third-order valence-corrected chi connectivity index (χ3v) is 13.7. The predicted octanol–water partition coefficient (Wildman–Crippen LogP) is -1.06. The third-order valence-electron chi connectivity index (χ3n) is 13.7. The lowest BCUT2D eigenvalue weighted by Crippen LogP contribution is -2.61. The van der Waals surface area contributed by atoms with Gasteiger partial charge in [-0.2, -0.15) is 0 Å². The molecule has 27 heteroatoms. The van der Waals surface area contributed by atoms with Gasteiger partial charge in [0.2, 0.25) is 53.2 Å². The smallest absolute Gasteiger partial charge is 0.325 e. The van der Waals surface area contributed by atoms with Crippen LogP contribution in [0.1, 0.15) is 82.9 Å². The molecule has 442 valence electrons. The van der Waals surface area contributed by atoms with Crippen LogP contribution >= 0.6 is 0 Å². The lowest BCUT2D eigenvalue weighted by molar-refractivity contribution is -0.145. The van der Waals surface area contributed by atoms with Crippen molar-refractivity contribution in [3.63, 3.8) is 0 Å². The number of likely N-dealkylation sites (tertiary alicyclic amines) is 2. The molecule has 0 radical (unpaired) electrons. The van der Waals surface area contributed by atoms with E-state index in [0.717, 1.165) is 4.90 Å². The van der Waals surface area contributed by atoms with Crippen LogP contribution in [0.2, 0.25) is 0 Å². The minimum absolute atomic E-state index is 0.00398. The maximum Gasteiger partial charge on any atom is 0.325 e. The summed E-state index contributed by atoms with van der Waals surface area (Å²) in [5.74, 6) is -13.7. The molecule has 0 saturated carbocycles. The Morgan fingerprint density at radius 1 is 0.463 bits per heavy atom. The van der Waals surface area contributed by atoms with E-state index in [1.165, 1.54) is 93.3 Å². The third kappa shape index (κ3) is 18.4. The number of carboxylic acids is 3. The van der Waals surface area contributed by atoms with E-state index >= 15 is 0 Å². The number of carbonyl (C=O) groups excluding carboxylic acids is 9. The SMILES string of the molecule is CC(=O)N[C@@H](Cc1ccc(O)cc1)C(=O)N1CCC[C@H]1C(=O)N[C@@H](Cc1ccc(O)cc1)C(=O)N[C@@H](CC(=O)O)C(=O)N[C@@H](C(=O)N1CCC[C@@H]1C(=O)N[C@H](CC(=O)O)C(=O)N[C@H](Cc1ccc(O)cc1)C(=O)N[C@H](C)C(=O)O)C(C)C. The molecule has 2 heterocycles. The summed E-state index contributed by atoms with van der Waals surface area (Å²) >= 11 is 0. The summed E-state index contributed by atoms with van der Waals surface area (Å²) in [6.07, 6.45) is -1.89. The van der Waals surface area contributed by atoms with Crippen LogP contribution in [-0.2, 0) is 76.8 Å². The van der Waals surface area contributed by atoms with Gasteiger partial charge in [-0.3, -0.25) is 57.5 Å². The Morgan fingerprint density at radius 3 is 1.23 bits per heavy atom. The summed E-state index contributed by atoms with van der Waals surface area (Å²) in [4.78, 5) is 163. The number of phenolic OH excluding ortho intramolecular Hbond substituents is 3. The van der Waals surface area contributed by atoms with E-state index < -0.39 is 144 Å². The molecular formula is C55H69N9O18. The van der Waals surface area contributed by atoms with Crippen LogP contribution in [0, 0.1) is 5.92 Å². The molecule has 2 fully saturated rings. The Balaban J connectivity index is 1.32. The zero-order chi connectivity index (χ0) is 60.5. The van der Waals surface area contributed by atoms with Gasteiger partial charge < -0.3 is 77.7 Å². The van der Waals surface area contributed by atoms with Gasteiger partial charge in [-0.25, -0.2) is 0 Å². The average Bonchev–Trinajstić information content (AvgIpc) is 4.27. The molecule has 82 heavy (non-hydrogen) atoms. The second-order valence-corrected chi connectivity index (χ2v) is 20.5. The maximum absolute atomic E-state index is 14.4. The van der Waals surface area contributed by atoms with E-state index in [1.807, 2.05) is 0 Å². The van der Waals surface area contributed by atoms with E-state index in [2.05, 4.69) is 37.2 Å². The van der Waals surface area contributed by atoms with E-state index in [1.54, 1.807) is 12.1 Å². The normalized spacial score (nSPS) is 17.3. The molecule has 3 aromatic carbocycles. The second-order valence-electron chi connectivity index (χ2n) is 20.5. The van der Waals surface area contributed by atoms with Crippen molar-refractivity contribution >= 4 is 71.1 Å². The number of nitrogens with one attached hydrogen (secondary N) is 7. The van der Waals surface area contributed by atoms with Crippen LogP contribution in [0.4, 0.5) is 0 Å². The van der Waals surface area contributed by atoms with Crippen LogP contribution in [0.3, 0.4) is 0 Å². The highest BCUT2D eigenvalue weighted by Crippen LogP contribution is 2.24. The van der Waals surface area contributed by atoms with Crippen molar-refractivity contribution in [1.82, 2.24) is 47.0 Å².